The van der Waals surface area contributed by atoms with Crippen LogP contribution in [0.3, 0.4) is 0 Å². The smallest absolute Gasteiger partial charge is 0.263 e. The molecular formula is C12H12FNO2. The second-order valence-electron chi connectivity index (χ2n) is 3.88. The van der Waals surface area contributed by atoms with Gasteiger partial charge in [-0.05, 0) is 18.2 Å². The van der Waals surface area contributed by atoms with Crippen LogP contribution in [0.4, 0.5) is 10.1 Å². The average Bonchev–Trinajstić information content (AvgIpc) is 2.42. The maximum atomic E-state index is 13.1. The largest absolute Gasteiger partial charge is 0.375 e. The molecule has 1 N–H and O–H groups in total. The molecule has 0 aliphatic carbocycles. The Kier molecular flexibility index (Phi) is 2.31. The highest BCUT2D eigenvalue weighted by atomic mass is 19.1. The van der Waals surface area contributed by atoms with Gasteiger partial charge in [0.25, 0.3) is 5.91 Å². The van der Waals surface area contributed by atoms with Crippen molar-refractivity contribution in [3.05, 3.63) is 42.2 Å². The van der Waals surface area contributed by atoms with Crippen LogP contribution in [0.2, 0.25) is 0 Å². The SMILES string of the molecule is C=CC[C@]1(O)C(=O)N(C)c2ccc(F)cc21. The first-order valence-corrected chi connectivity index (χ1v) is 4.92. The van der Waals surface area contributed by atoms with Crippen molar-refractivity contribution in [1.29, 1.82) is 0 Å². The highest BCUT2D eigenvalue weighted by Gasteiger charge is 2.47. The lowest BCUT2D eigenvalue weighted by atomic mass is 9.92. The number of carbonyl (C=O) groups excluding carboxylic acids is 1. The van der Waals surface area contributed by atoms with Gasteiger partial charge in [-0.3, -0.25) is 4.79 Å². The Hall–Kier alpha value is -1.68. The van der Waals surface area contributed by atoms with E-state index in [-0.39, 0.29) is 6.42 Å². The van der Waals surface area contributed by atoms with Crippen molar-refractivity contribution in [1.82, 2.24) is 0 Å². The van der Waals surface area contributed by atoms with E-state index >= 15 is 0 Å². The fourth-order valence-electron chi connectivity index (χ4n) is 2.04. The van der Waals surface area contributed by atoms with Crippen LogP contribution < -0.4 is 4.90 Å². The van der Waals surface area contributed by atoms with Gasteiger partial charge in [-0.25, -0.2) is 4.39 Å². The van der Waals surface area contributed by atoms with Crippen LogP contribution >= 0.6 is 0 Å². The van der Waals surface area contributed by atoms with E-state index in [1.807, 2.05) is 0 Å². The molecule has 1 amide bonds. The molecule has 0 spiro atoms. The molecule has 1 atom stereocenters. The predicted molar refractivity (Wildman–Crippen MR) is 58.5 cm³/mol. The summed E-state index contributed by atoms with van der Waals surface area (Å²) in [5.74, 6) is -0.919. The number of benzene rings is 1. The lowest BCUT2D eigenvalue weighted by Crippen LogP contribution is -2.38. The molecule has 1 heterocycles. The van der Waals surface area contributed by atoms with Gasteiger partial charge in [0.1, 0.15) is 5.82 Å². The molecular weight excluding hydrogens is 209 g/mol. The summed E-state index contributed by atoms with van der Waals surface area (Å²) in [6, 6.07) is 3.95. The van der Waals surface area contributed by atoms with E-state index in [9.17, 15) is 14.3 Å². The van der Waals surface area contributed by atoms with Gasteiger partial charge < -0.3 is 10.0 Å². The van der Waals surface area contributed by atoms with Crippen LogP contribution in [0.1, 0.15) is 12.0 Å². The first kappa shape index (κ1) is 10.8. The van der Waals surface area contributed by atoms with Gasteiger partial charge in [-0.15, -0.1) is 6.58 Å². The zero-order valence-electron chi connectivity index (χ0n) is 8.90. The Bertz CT molecular complexity index is 472. The molecule has 0 fully saturated rings. The van der Waals surface area contributed by atoms with Gasteiger partial charge in [-0.2, -0.15) is 0 Å². The van der Waals surface area contributed by atoms with E-state index in [1.54, 1.807) is 7.05 Å². The fourth-order valence-corrected chi connectivity index (χ4v) is 2.04. The van der Waals surface area contributed by atoms with Gasteiger partial charge in [0.15, 0.2) is 5.60 Å². The number of aliphatic hydroxyl groups is 1. The molecule has 2 rings (SSSR count). The Balaban J connectivity index is 2.63. The molecule has 0 saturated heterocycles. The number of carbonyl (C=O) groups is 1. The van der Waals surface area contributed by atoms with Crippen molar-refractivity contribution in [2.45, 2.75) is 12.0 Å². The number of rotatable bonds is 2. The molecule has 1 aromatic rings. The molecule has 84 valence electrons. The molecule has 3 nitrogen and oxygen atoms in total. The van der Waals surface area contributed by atoms with Crippen molar-refractivity contribution in [2.24, 2.45) is 0 Å². The number of amides is 1. The zero-order chi connectivity index (χ0) is 11.9. The Morgan fingerprint density at radius 1 is 1.62 bits per heavy atom. The standard InChI is InChI=1S/C12H12FNO2/c1-3-6-12(16)9-7-8(13)4-5-10(9)14(2)11(12)15/h3-5,7,16H,1,6H2,2H3/t12-/m1/s1. The molecule has 1 aliphatic heterocycles. The summed E-state index contributed by atoms with van der Waals surface area (Å²) in [6.45, 7) is 3.50. The van der Waals surface area contributed by atoms with Crippen LogP contribution in [0.5, 0.6) is 0 Å². The third-order valence-electron chi connectivity index (χ3n) is 2.86. The lowest BCUT2D eigenvalue weighted by Gasteiger charge is -2.19. The summed E-state index contributed by atoms with van der Waals surface area (Å²) >= 11 is 0. The van der Waals surface area contributed by atoms with E-state index in [0.29, 0.717) is 11.3 Å². The van der Waals surface area contributed by atoms with Crippen LogP contribution in [0.15, 0.2) is 30.9 Å². The van der Waals surface area contributed by atoms with Crippen LogP contribution in [0, 0.1) is 5.82 Å². The summed E-state index contributed by atoms with van der Waals surface area (Å²) in [6.07, 6.45) is 1.53. The number of hydrogen-bond acceptors (Lipinski definition) is 2. The van der Waals surface area contributed by atoms with Crippen molar-refractivity contribution >= 4 is 11.6 Å². The summed E-state index contributed by atoms with van der Waals surface area (Å²) in [4.78, 5) is 13.2. The topological polar surface area (TPSA) is 40.5 Å². The third kappa shape index (κ3) is 1.27. The molecule has 16 heavy (non-hydrogen) atoms. The first-order valence-electron chi connectivity index (χ1n) is 4.92. The number of halogens is 1. The molecule has 0 aromatic heterocycles. The Labute approximate surface area is 92.8 Å². The van der Waals surface area contributed by atoms with Crippen molar-refractivity contribution < 1.29 is 14.3 Å². The molecule has 4 heteroatoms. The van der Waals surface area contributed by atoms with Gasteiger partial charge in [0, 0.05) is 19.0 Å². The number of likely N-dealkylation sites (N-methyl/N-ethyl adjacent to an activating group) is 1. The highest BCUT2D eigenvalue weighted by Crippen LogP contribution is 2.41. The quantitative estimate of drug-likeness (QED) is 0.770. The van der Waals surface area contributed by atoms with Crippen LogP contribution in [-0.2, 0) is 10.4 Å². The van der Waals surface area contributed by atoms with E-state index in [0.717, 1.165) is 0 Å². The van der Waals surface area contributed by atoms with Crippen molar-refractivity contribution in [3.8, 4) is 0 Å². The van der Waals surface area contributed by atoms with Gasteiger partial charge in [0.2, 0.25) is 0 Å². The second-order valence-corrected chi connectivity index (χ2v) is 3.88. The first-order chi connectivity index (χ1) is 7.50. The second kappa shape index (κ2) is 3.42. The Morgan fingerprint density at radius 2 is 2.31 bits per heavy atom. The molecule has 1 aliphatic rings. The minimum absolute atomic E-state index is 0.0760. The van der Waals surface area contributed by atoms with Crippen LogP contribution in [0.25, 0.3) is 0 Å². The van der Waals surface area contributed by atoms with E-state index in [2.05, 4.69) is 6.58 Å². The van der Waals surface area contributed by atoms with E-state index in [4.69, 9.17) is 0 Å². The number of nitrogens with zero attached hydrogens (tertiary/aromatic N) is 1. The monoisotopic (exact) mass is 221 g/mol. The van der Waals surface area contributed by atoms with Crippen LogP contribution in [-0.4, -0.2) is 18.1 Å². The number of fused-ring (bicyclic) bond motifs is 1. The zero-order valence-corrected chi connectivity index (χ0v) is 8.90. The Morgan fingerprint density at radius 3 is 2.94 bits per heavy atom. The number of anilines is 1. The predicted octanol–water partition coefficient (Wildman–Crippen LogP) is 1.57. The van der Waals surface area contributed by atoms with Gasteiger partial charge in [0.05, 0.1) is 5.69 Å². The fraction of sp³-hybridized carbons (Fsp3) is 0.250. The third-order valence-corrected chi connectivity index (χ3v) is 2.86. The maximum absolute atomic E-state index is 13.1. The summed E-state index contributed by atoms with van der Waals surface area (Å²) < 4.78 is 13.1. The molecule has 1 aromatic carbocycles. The summed E-state index contributed by atoms with van der Waals surface area (Å²) in [7, 11) is 1.56. The van der Waals surface area contributed by atoms with E-state index in [1.165, 1.54) is 29.2 Å². The molecule has 0 unspecified atom stereocenters. The van der Waals surface area contributed by atoms with Crippen molar-refractivity contribution in [3.63, 3.8) is 0 Å². The summed E-state index contributed by atoms with van der Waals surface area (Å²) in [5, 5.41) is 10.3. The molecule has 0 saturated carbocycles. The normalized spacial score (nSPS) is 23.4. The van der Waals surface area contributed by atoms with Crippen molar-refractivity contribution in [2.75, 3.05) is 11.9 Å². The maximum Gasteiger partial charge on any atom is 0.263 e. The highest BCUT2D eigenvalue weighted by molar-refractivity contribution is 6.06. The summed E-state index contributed by atoms with van der Waals surface area (Å²) in [5.41, 5.74) is -0.829. The average molecular weight is 221 g/mol. The molecule has 0 bridgehead atoms. The minimum atomic E-state index is -1.67. The number of hydrogen-bond donors (Lipinski definition) is 1. The van der Waals surface area contributed by atoms with Gasteiger partial charge >= 0.3 is 0 Å². The minimum Gasteiger partial charge on any atom is -0.375 e. The van der Waals surface area contributed by atoms with Gasteiger partial charge in [-0.1, -0.05) is 6.08 Å². The lowest BCUT2D eigenvalue weighted by molar-refractivity contribution is -0.135. The van der Waals surface area contributed by atoms with E-state index < -0.39 is 17.3 Å². The molecule has 0 radical (unpaired) electrons.